The van der Waals surface area contributed by atoms with Gasteiger partial charge in [-0.05, 0) is 19.9 Å². The van der Waals surface area contributed by atoms with Crippen LogP contribution >= 0.6 is 0 Å². The Kier molecular flexibility index (Phi) is 3.37. The number of ether oxygens (including phenoxy) is 1. The van der Waals surface area contributed by atoms with Gasteiger partial charge in [0, 0.05) is 6.20 Å². The van der Waals surface area contributed by atoms with Gasteiger partial charge in [-0.1, -0.05) is 0 Å². The molecule has 1 aromatic heterocycles. The zero-order valence-electron chi connectivity index (χ0n) is 7.65. The molecule has 1 heterocycles. The molecule has 0 aromatic carbocycles. The first-order chi connectivity index (χ1) is 6.25. The highest BCUT2D eigenvalue weighted by Crippen LogP contribution is 2.12. The minimum absolute atomic E-state index is 0.269. The van der Waals surface area contributed by atoms with Gasteiger partial charge >= 0.3 is 5.97 Å². The van der Waals surface area contributed by atoms with Crippen LogP contribution in [0.15, 0.2) is 12.3 Å². The molecule has 0 bridgehead atoms. The Morgan fingerprint density at radius 2 is 2.54 bits per heavy atom. The lowest BCUT2D eigenvalue weighted by Gasteiger charge is -2.08. The van der Waals surface area contributed by atoms with Gasteiger partial charge in [-0.25, -0.2) is 9.97 Å². The first-order valence-corrected chi connectivity index (χ1v) is 4.11. The second-order valence-corrected chi connectivity index (χ2v) is 2.56. The number of aromatic nitrogens is 2. The fourth-order valence-corrected chi connectivity index (χ4v) is 0.900. The zero-order chi connectivity index (χ0) is 9.68. The SMILES string of the molecule is CCOC(=O)C(C)c1ccn[c]n1. The molecule has 13 heavy (non-hydrogen) atoms. The average molecular weight is 179 g/mol. The van der Waals surface area contributed by atoms with Gasteiger partial charge in [-0.2, -0.15) is 0 Å². The number of nitrogens with zero attached hydrogens (tertiary/aromatic N) is 2. The Hall–Kier alpha value is -1.45. The van der Waals surface area contributed by atoms with Crippen LogP contribution in [0.2, 0.25) is 0 Å². The van der Waals surface area contributed by atoms with E-state index in [1.54, 1.807) is 26.1 Å². The van der Waals surface area contributed by atoms with Crippen molar-refractivity contribution in [1.82, 2.24) is 9.97 Å². The van der Waals surface area contributed by atoms with E-state index in [1.807, 2.05) is 0 Å². The summed E-state index contributed by atoms with van der Waals surface area (Å²) in [7, 11) is 0. The van der Waals surface area contributed by atoms with Gasteiger partial charge in [-0.3, -0.25) is 4.79 Å². The third-order valence-corrected chi connectivity index (χ3v) is 1.64. The van der Waals surface area contributed by atoms with Crippen LogP contribution in [0.4, 0.5) is 0 Å². The molecule has 1 unspecified atom stereocenters. The minimum atomic E-state index is -0.348. The van der Waals surface area contributed by atoms with Gasteiger partial charge in [0.1, 0.15) is 0 Å². The molecule has 0 N–H and O–H groups in total. The van der Waals surface area contributed by atoms with Gasteiger partial charge in [0.2, 0.25) is 0 Å². The third kappa shape index (κ3) is 2.50. The maximum atomic E-state index is 11.2. The van der Waals surface area contributed by atoms with Crippen LogP contribution in [0.1, 0.15) is 25.5 Å². The molecule has 0 aliphatic rings. The molecule has 1 rings (SSSR count). The smallest absolute Gasteiger partial charge is 0.314 e. The van der Waals surface area contributed by atoms with E-state index in [2.05, 4.69) is 16.3 Å². The molecule has 1 radical (unpaired) electrons. The highest BCUT2D eigenvalue weighted by atomic mass is 16.5. The van der Waals surface area contributed by atoms with Crippen LogP contribution in [-0.2, 0) is 9.53 Å². The van der Waals surface area contributed by atoms with E-state index < -0.39 is 0 Å². The van der Waals surface area contributed by atoms with E-state index in [9.17, 15) is 4.79 Å². The lowest BCUT2D eigenvalue weighted by molar-refractivity contribution is -0.144. The molecule has 69 valence electrons. The molecular formula is C9H11N2O2. The molecule has 0 spiro atoms. The molecule has 0 saturated heterocycles. The summed E-state index contributed by atoms with van der Waals surface area (Å²) in [4.78, 5) is 18.7. The van der Waals surface area contributed by atoms with E-state index >= 15 is 0 Å². The van der Waals surface area contributed by atoms with Crippen molar-refractivity contribution in [3.8, 4) is 0 Å². The number of carbonyl (C=O) groups excluding carboxylic acids is 1. The molecule has 4 nitrogen and oxygen atoms in total. The van der Waals surface area contributed by atoms with Gasteiger partial charge < -0.3 is 4.74 Å². The normalized spacial score (nSPS) is 12.2. The van der Waals surface area contributed by atoms with Crippen LogP contribution in [0, 0.1) is 6.33 Å². The monoisotopic (exact) mass is 179 g/mol. The first-order valence-electron chi connectivity index (χ1n) is 4.11. The molecule has 4 heteroatoms. The van der Waals surface area contributed by atoms with Gasteiger partial charge in [-0.15, -0.1) is 0 Å². The number of hydrogen-bond donors (Lipinski definition) is 0. The van der Waals surface area contributed by atoms with E-state index in [4.69, 9.17) is 4.74 Å². The van der Waals surface area contributed by atoms with Crippen molar-refractivity contribution in [3.05, 3.63) is 24.3 Å². The second-order valence-electron chi connectivity index (χ2n) is 2.56. The fraction of sp³-hybridized carbons (Fsp3) is 0.444. The topological polar surface area (TPSA) is 52.1 Å². The molecule has 1 aromatic rings. The van der Waals surface area contributed by atoms with Crippen LogP contribution in [-0.4, -0.2) is 22.5 Å². The lowest BCUT2D eigenvalue weighted by atomic mass is 10.1. The van der Waals surface area contributed by atoms with Crippen molar-refractivity contribution in [2.75, 3.05) is 6.61 Å². The van der Waals surface area contributed by atoms with Crippen LogP contribution in [0.25, 0.3) is 0 Å². The Morgan fingerprint density at radius 3 is 3.08 bits per heavy atom. The predicted octanol–water partition coefficient (Wildman–Crippen LogP) is 0.943. The standard InChI is InChI=1S/C9H11N2O2/c1-3-13-9(12)7(2)8-4-5-10-6-11-8/h4-5,7H,3H2,1-2H3. The Morgan fingerprint density at radius 1 is 1.77 bits per heavy atom. The van der Waals surface area contributed by atoms with Gasteiger partial charge in [0.05, 0.1) is 18.2 Å². The second kappa shape index (κ2) is 4.54. The summed E-state index contributed by atoms with van der Waals surface area (Å²) in [6.45, 7) is 3.91. The molecule has 1 atom stereocenters. The largest absolute Gasteiger partial charge is 0.465 e. The lowest BCUT2D eigenvalue weighted by Crippen LogP contribution is -2.14. The Labute approximate surface area is 77.0 Å². The molecule has 0 aliphatic heterocycles. The van der Waals surface area contributed by atoms with E-state index in [0.29, 0.717) is 12.3 Å². The van der Waals surface area contributed by atoms with Crippen molar-refractivity contribution in [2.45, 2.75) is 19.8 Å². The fourth-order valence-electron chi connectivity index (χ4n) is 0.900. The third-order valence-electron chi connectivity index (χ3n) is 1.64. The number of esters is 1. The summed E-state index contributed by atoms with van der Waals surface area (Å²) in [5.41, 5.74) is 0.633. The number of hydrogen-bond acceptors (Lipinski definition) is 4. The number of carbonyl (C=O) groups is 1. The highest BCUT2D eigenvalue weighted by molar-refractivity contribution is 5.76. The summed E-state index contributed by atoms with van der Waals surface area (Å²) >= 11 is 0. The molecule has 0 amide bonds. The van der Waals surface area contributed by atoms with Gasteiger partial charge in [0.15, 0.2) is 6.33 Å². The molecule has 0 aliphatic carbocycles. The summed E-state index contributed by atoms with van der Waals surface area (Å²) in [6, 6.07) is 1.68. The summed E-state index contributed by atoms with van der Waals surface area (Å²) in [6.07, 6.45) is 3.98. The summed E-state index contributed by atoms with van der Waals surface area (Å²) < 4.78 is 4.84. The minimum Gasteiger partial charge on any atom is -0.465 e. The van der Waals surface area contributed by atoms with E-state index in [-0.39, 0.29) is 11.9 Å². The highest BCUT2D eigenvalue weighted by Gasteiger charge is 2.16. The van der Waals surface area contributed by atoms with Crippen molar-refractivity contribution in [2.24, 2.45) is 0 Å². The van der Waals surface area contributed by atoms with Gasteiger partial charge in [0.25, 0.3) is 0 Å². The van der Waals surface area contributed by atoms with Crippen molar-refractivity contribution in [1.29, 1.82) is 0 Å². The number of rotatable bonds is 3. The van der Waals surface area contributed by atoms with Crippen molar-refractivity contribution < 1.29 is 9.53 Å². The molecule has 0 fully saturated rings. The van der Waals surface area contributed by atoms with Crippen molar-refractivity contribution >= 4 is 5.97 Å². The maximum Gasteiger partial charge on any atom is 0.314 e. The molecular weight excluding hydrogens is 168 g/mol. The predicted molar refractivity (Wildman–Crippen MR) is 45.9 cm³/mol. The quantitative estimate of drug-likeness (QED) is 0.648. The molecule has 0 saturated carbocycles. The van der Waals surface area contributed by atoms with Crippen molar-refractivity contribution in [3.63, 3.8) is 0 Å². The van der Waals surface area contributed by atoms with Crippen LogP contribution in [0.3, 0.4) is 0 Å². The average Bonchev–Trinajstić information content (AvgIpc) is 2.18. The maximum absolute atomic E-state index is 11.2. The Balaban J connectivity index is 2.68. The zero-order valence-corrected chi connectivity index (χ0v) is 7.65. The Bertz CT molecular complexity index is 274. The first kappa shape index (κ1) is 9.64. The van der Waals surface area contributed by atoms with E-state index in [1.165, 1.54) is 0 Å². The summed E-state index contributed by atoms with van der Waals surface area (Å²) in [5, 5.41) is 0. The van der Waals surface area contributed by atoms with E-state index in [0.717, 1.165) is 0 Å². The van der Waals surface area contributed by atoms with Crippen LogP contribution in [0.5, 0.6) is 0 Å². The van der Waals surface area contributed by atoms with Crippen LogP contribution < -0.4 is 0 Å². The summed E-state index contributed by atoms with van der Waals surface area (Å²) in [5.74, 6) is -0.617.